The Labute approximate surface area is 173 Å². The van der Waals surface area contributed by atoms with Gasteiger partial charge in [0.25, 0.3) is 0 Å². The monoisotopic (exact) mass is 434 g/mol. The van der Waals surface area contributed by atoms with Gasteiger partial charge in [0.15, 0.2) is 0 Å². The highest BCUT2D eigenvalue weighted by Gasteiger charge is 2.40. The molecule has 150 valence electrons. The maximum Gasteiger partial charge on any atom is 0.335 e. The van der Waals surface area contributed by atoms with Crippen LogP contribution < -0.4 is 10.6 Å². The van der Waals surface area contributed by atoms with Gasteiger partial charge < -0.3 is 9.05 Å². The lowest BCUT2D eigenvalue weighted by Crippen LogP contribution is -2.30. The molecular formula is C22H28O3P2S. The molecule has 0 N–H and O–H groups in total. The molecule has 1 heterocycles. The smallest absolute Gasteiger partial charge is 0.308 e. The van der Waals surface area contributed by atoms with E-state index in [1.807, 2.05) is 50.2 Å². The summed E-state index contributed by atoms with van der Waals surface area (Å²) in [6.07, 6.45) is 0.243. The van der Waals surface area contributed by atoms with Crippen LogP contribution in [0.4, 0.5) is 0 Å². The van der Waals surface area contributed by atoms with Crippen LogP contribution >= 0.6 is 13.6 Å². The van der Waals surface area contributed by atoms with Crippen molar-refractivity contribution in [1.82, 2.24) is 0 Å². The van der Waals surface area contributed by atoms with Gasteiger partial charge in [0.05, 0.1) is 19.4 Å². The highest BCUT2D eigenvalue weighted by molar-refractivity contribution is 8.24. The van der Waals surface area contributed by atoms with E-state index < -0.39 is 13.6 Å². The van der Waals surface area contributed by atoms with E-state index in [1.165, 1.54) is 0 Å². The number of rotatable bonds is 5. The van der Waals surface area contributed by atoms with Crippen molar-refractivity contribution >= 4 is 36.0 Å². The molecule has 0 spiro atoms. The second-order valence-electron chi connectivity index (χ2n) is 8.21. The van der Waals surface area contributed by atoms with Crippen LogP contribution in [0.25, 0.3) is 0 Å². The summed E-state index contributed by atoms with van der Waals surface area (Å²) in [5.41, 5.74) is 0.960. The molecule has 1 aliphatic rings. The van der Waals surface area contributed by atoms with E-state index >= 15 is 0 Å². The van der Waals surface area contributed by atoms with Crippen molar-refractivity contribution in [3.8, 4) is 0 Å². The molecule has 3 rings (SSSR count). The summed E-state index contributed by atoms with van der Waals surface area (Å²) in [5, 5.41) is 3.20. The summed E-state index contributed by atoms with van der Waals surface area (Å²) in [6, 6.07) is 18.0. The molecule has 2 aromatic rings. The van der Waals surface area contributed by atoms with E-state index in [2.05, 4.69) is 38.1 Å². The number of hydrogen-bond donors (Lipinski definition) is 0. The topological polar surface area (TPSA) is 35.5 Å². The molecular weight excluding hydrogens is 406 g/mol. The lowest BCUT2D eigenvalue weighted by atomic mass is 9.97. The average Bonchev–Trinajstić information content (AvgIpc) is 2.69. The van der Waals surface area contributed by atoms with Gasteiger partial charge in [-0.25, -0.2) is 0 Å². The van der Waals surface area contributed by atoms with E-state index in [1.54, 1.807) is 0 Å². The lowest BCUT2D eigenvalue weighted by Gasteiger charge is -2.36. The van der Waals surface area contributed by atoms with Crippen LogP contribution in [0.5, 0.6) is 0 Å². The van der Waals surface area contributed by atoms with Crippen molar-refractivity contribution in [3.05, 3.63) is 71.6 Å². The molecule has 1 aliphatic heterocycles. The van der Waals surface area contributed by atoms with Gasteiger partial charge in [-0.2, -0.15) is 0 Å². The Bertz CT molecular complexity index is 891. The largest absolute Gasteiger partial charge is 0.335 e. The Hall–Kier alpha value is -1.02. The van der Waals surface area contributed by atoms with Crippen LogP contribution in [-0.4, -0.2) is 19.4 Å². The van der Waals surface area contributed by atoms with Crippen LogP contribution in [0.1, 0.15) is 27.7 Å². The summed E-state index contributed by atoms with van der Waals surface area (Å²) in [5.74, 6) is 0. The zero-order valence-corrected chi connectivity index (χ0v) is 19.5. The first-order valence-corrected chi connectivity index (χ1v) is 14.0. The molecule has 2 aromatic carbocycles. The zero-order chi connectivity index (χ0) is 20.4. The quantitative estimate of drug-likeness (QED) is 0.568. The Morgan fingerprint density at radius 1 is 0.964 bits per heavy atom. The summed E-state index contributed by atoms with van der Waals surface area (Å²) in [4.78, 5) is 0. The zero-order valence-electron chi connectivity index (χ0n) is 16.9. The fourth-order valence-corrected chi connectivity index (χ4v) is 11.1. The van der Waals surface area contributed by atoms with E-state index in [0.717, 1.165) is 21.5 Å². The second kappa shape index (κ2) is 8.38. The average molecular weight is 434 g/mol. The maximum atomic E-state index is 13.4. The van der Waals surface area contributed by atoms with Gasteiger partial charge in [-0.05, 0) is 29.8 Å². The summed E-state index contributed by atoms with van der Waals surface area (Å²) in [7, 11) is -3.24. The maximum absolute atomic E-state index is 13.4. The van der Waals surface area contributed by atoms with Gasteiger partial charge >= 0.3 is 7.60 Å². The SMILES string of the molecule is CC(C)=C(CP1(=O)OCC(C)(C)CO1)P(=S)(c1ccccc1)c1ccccc1. The highest BCUT2D eigenvalue weighted by Crippen LogP contribution is 2.62. The first kappa shape index (κ1) is 21.7. The fraction of sp³-hybridized carbons (Fsp3) is 0.364. The Morgan fingerprint density at radius 3 is 1.79 bits per heavy atom. The fourth-order valence-electron chi connectivity index (χ4n) is 3.21. The first-order chi connectivity index (χ1) is 13.2. The molecule has 1 saturated heterocycles. The molecule has 0 amide bonds. The number of allylic oxidation sites excluding steroid dienone is 2. The summed E-state index contributed by atoms with van der Waals surface area (Å²) >= 11 is 6.42. The number of benzene rings is 2. The minimum Gasteiger partial charge on any atom is -0.308 e. The Morgan fingerprint density at radius 2 is 1.39 bits per heavy atom. The van der Waals surface area contributed by atoms with E-state index in [0.29, 0.717) is 13.2 Å². The normalized spacial score (nSPS) is 18.4. The molecule has 0 unspecified atom stereocenters. The van der Waals surface area contributed by atoms with Gasteiger partial charge in [-0.3, -0.25) is 4.57 Å². The highest BCUT2D eigenvalue weighted by atomic mass is 32.4. The molecule has 6 heteroatoms. The summed E-state index contributed by atoms with van der Waals surface area (Å²) in [6.45, 7) is 9.05. The Kier molecular flexibility index (Phi) is 6.49. The Balaban J connectivity index is 2.09. The van der Waals surface area contributed by atoms with Crippen LogP contribution in [0.2, 0.25) is 0 Å². The van der Waals surface area contributed by atoms with Crippen molar-refractivity contribution in [3.63, 3.8) is 0 Å². The lowest BCUT2D eigenvalue weighted by molar-refractivity contribution is 0.0424. The molecule has 3 nitrogen and oxygen atoms in total. The predicted molar refractivity (Wildman–Crippen MR) is 123 cm³/mol. The second-order valence-corrected chi connectivity index (χ2v) is 14.7. The first-order valence-electron chi connectivity index (χ1n) is 9.43. The summed E-state index contributed by atoms with van der Waals surface area (Å²) < 4.78 is 25.0. The van der Waals surface area contributed by atoms with Crippen molar-refractivity contribution in [2.75, 3.05) is 19.4 Å². The third-order valence-corrected chi connectivity index (χ3v) is 12.2. The molecule has 0 saturated carbocycles. The molecule has 0 bridgehead atoms. The van der Waals surface area contributed by atoms with Gasteiger partial charge in [0.1, 0.15) is 0 Å². The molecule has 1 fully saturated rings. The molecule has 0 atom stereocenters. The minimum absolute atomic E-state index is 0.127. The van der Waals surface area contributed by atoms with Crippen LogP contribution in [-0.2, 0) is 25.4 Å². The standard InChI is InChI=1S/C22H28O3P2S/c1-18(2)21(15-26(23)24-16-22(3,4)17-25-26)27(28,19-11-7-5-8-12-19)20-13-9-6-10-14-20/h5-14H,15-17H2,1-4H3. The van der Waals surface area contributed by atoms with Crippen molar-refractivity contribution in [2.45, 2.75) is 27.7 Å². The van der Waals surface area contributed by atoms with E-state index in [9.17, 15) is 4.57 Å². The number of hydrogen-bond acceptors (Lipinski definition) is 4. The van der Waals surface area contributed by atoms with E-state index in [-0.39, 0.29) is 11.6 Å². The predicted octanol–water partition coefficient (Wildman–Crippen LogP) is 5.68. The molecule has 28 heavy (non-hydrogen) atoms. The van der Waals surface area contributed by atoms with Crippen LogP contribution in [0.3, 0.4) is 0 Å². The van der Waals surface area contributed by atoms with Crippen molar-refractivity contribution < 1.29 is 13.6 Å². The molecule has 0 aliphatic carbocycles. The third-order valence-electron chi connectivity index (χ3n) is 4.84. The van der Waals surface area contributed by atoms with Crippen LogP contribution in [0, 0.1) is 5.41 Å². The van der Waals surface area contributed by atoms with Gasteiger partial charge in [-0.15, -0.1) is 0 Å². The van der Waals surface area contributed by atoms with Crippen LogP contribution in [0.15, 0.2) is 71.6 Å². The van der Waals surface area contributed by atoms with E-state index in [4.69, 9.17) is 20.9 Å². The molecule has 0 radical (unpaired) electrons. The van der Waals surface area contributed by atoms with Crippen molar-refractivity contribution in [1.29, 1.82) is 0 Å². The molecule has 0 aromatic heterocycles. The third kappa shape index (κ3) is 4.58. The van der Waals surface area contributed by atoms with Gasteiger partial charge in [0.2, 0.25) is 0 Å². The van der Waals surface area contributed by atoms with Crippen molar-refractivity contribution in [2.24, 2.45) is 5.41 Å². The van der Waals surface area contributed by atoms with Gasteiger partial charge in [0, 0.05) is 11.5 Å². The van der Waals surface area contributed by atoms with Gasteiger partial charge in [-0.1, -0.05) is 91.9 Å². The minimum atomic E-state index is -3.24.